The molecule has 1 aromatic carbocycles. The van der Waals surface area contributed by atoms with Gasteiger partial charge in [-0.15, -0.1) is 0 Å². The molecule has 0 saturated carbocycles. The Morgan fingerprint density at radius 1 is 1.20 bits per heavy atom. The third kappa shape index (κ3) is 1.84. The largest absolute Gasteiger partial charge is 0.252 e. The van der Waals surface area contributed by atoms with Gasteiger partial charge >= 0.3 is 0 Å². The molecule has 0 fully saturated rings. The molecule has 0 amide bonds. The summed E-state index contributed by atoms with van der Waals surface area (Å²) in [6, 6.07) is 6.20. The molecule has 2 rings (SSSR count). The Kier molecular flexibility index (Phi) is 2.66. The molecule has 15 heavy (non-hydrogen) atoms. The summed E-state index contributed by atoms with van der Waals surface area (Å²) in [5.74, 6) is 0. The van der Waals surface area contributed by atoms with E-state index in [0.29, 0.717) is 0 Å². The van der Waals surface area contributed by atoms with E-state index in [9.17, 15) is 0 Å². The van der Waals surface area contributed by atoms with E-state index in [1.165, 1.54) is 11.1 Å². The van der Waals surface area contributed by atoms with E-state index < -0.39 is 0 Å². The Balaban J connectivity index is 2.85. The summed E-state index contributed by atoms with van der Waals surface area (Å²) in [7, 11) is 0. The van der Waals surface area contributed by atoms with E-state index in [2.05, 4.69) is 37.9 Å². The molecule has 0 saturated heterocycles. The van der Waals surface area contributed by atoms with Crippen LogP contribution in [0.4, 0.5) is 0 Å². The van der Waals surface area contributed by atoms with Crippen LogP contribution in [-0.2, 0) is 6.42 Å². The van der Waals surface area contributed by atoms with Crippen LogP contribution in [0.15, 0.2) is 18.2 Å². The van der Waals surface area contributed by atoms with Gasteiger partial charge in [0.15, 0.2) is 0 Å². The topological polar surface area (TPSA) is 12.9 Å². The fraction of sp³-hybridized carbons (Fsp3) is 0.308. The van der Waals surface area contributed by atoms with E-state index in [0.717, 1.165) is 28.0 Å². The summed E-state index contributed by atoms with van der Waals surface area (Å²) in [4.78, 5) is 4.61. The van der Waals surface area contributed by atoms with Gasteiger partial charge in [0.1, 0.15) is 0 Å². The van der Waals surface area contributed by atoms with Gasteiger partial charge in [-0.3, -0.25) is 4.98 Å². The molecule has 0 aliphatic rings. The molecule has 0 radical (unpaired) electrons. The lowest BCUT2D eigenvalue weighted by Gasteiger charge is -2.07. The van der Waals surface area contributed by atoms with Gasteiger partial charge < -0.3 is 0 Å². The fourth-order valence-corrected chi connectivity index (χ4v) is 2.14. The maximum absolute atomic E-state index is 6.24. The van der Waals surface area contributed by atoms with Gasteiger partial charge in [-0.1, -0.05) is 30.2 Å². The van der Waals surface area contributed by atoms with Crippen molar-refractivity contribution in [3.05, 3.63) is 40.0 Å². The molecule has 0 bridgehead atoms. The molecular weight excluding hydrogens is 206 g/mol. The second kappa shape index (κ2) is 3.82. The molecule has 1 nitrogen and oxygen atoms in total. The number of halogens is 1. The minimum Gasteiger partial charge on any atom is -0.252 e. The zero-order valence-electron chi connectivity index (χ0n) is 9.26. The van der Waals surface area contributed by atoms with Crippen molar-refractivity contribution >= 4 is 22.5 Å². The van der Waals surface area contributed by atoms with Crippen LogP contribution in [-0.4, -0.2) is 4.98 Å². The van der Waals surface area contributed by atoms with Gasteiger partial charge in [0.2, 0.25) is 0 Å². The summed E-state index contributed by atoms with van der Waals surface area (Å²) in [5, 5.41) is 1.87. The monoisotopic (exact) mass is 219 g/mol. The lowest BCUT2D eigenvalue weighted by molar-refractivity contribution is 1.05. The number of rotatable bonds is 1. The van der Waals surface area contributed by atoms with Crippen molar-refractivity contribution in [1.82, 2.24) is 4.98 Å². The first-order valence-electron chi connectivity index (χ1n) is 5.18. The summed E-state index contributed by atoms with van der Waals surface area (Å²) in [5.41, 5.74) is 4.51. The van der Waals surface area contributed by atoms with E-state index in [1.807, 2.05) is 6.07 Å². The van der Waals surface area contributed by atoms with Crippen LogP contribution in [0.2, 0.25) is 5.02 Å². The number of aryl methyl sites for hydroxylation is 3. The second-order valence-corrected chi connectivity index (χ2v) is 4.33. The highest BCUT2D eigenvalue weighted by atomic mass is 35.5. The summed E-state index contributed by atoms with van der Waals surface area (Å²) < 4.78 is 0. The smallest absolute Gasteiger partial charge is 0.0749 e. The van der Waals surface area contributed by atoms with Crippen molar-refractivity contribution in [2.45, 2.75) is 27.2 Å². The van der Waals surface area contributed by atoms with Crippen LogP contribution in [0, 0.1) is 13.8 Å². The quantitative estimate of drug-likeness (QED) is 0.705. The number of fused-ring (bicyclic) bond motifs is 1. The molecule has 2 heteroatoms. The highest BCUT2D eigenvalue weighted by Gasteiger charge is 2.06. The van der Waals surface area contributed by atoms with E-state index in [1.54, 1.807) is 0 Å². The molecule has 0 N–H and O–H groups in total. The van der Waals surface area contributed by atoms with Gasteiger partial charge in [0.25, 0.3) is 0 Å². The minimum atomic E-state index is 0.809. The first kappa shape index (κ1) is 10.4. The van der Waals surface area contributed by atoms with Crippen molar-refractivity contribution in [1.29, 1.82) is 0 Å². The average molecular weight is 220 g/mol. The minimum absolute atomic E-state index is 0.809. The Morgan fingerprint density at radius 2 is 1.93 bits per heavy atom. The third-order valence-electron chi connectivity index (χ3n) is 2.61. The predicted molar refractivity (Wildman–Crippen MR) is 65.6 cm³/mol. The van der Waals surface area contributed by atoms with Gasteiger partial charge in [-0.05, 0) is 38.0 Å². The van der Waals surface area contributed by atoms with Crippen LogP contribution in [0.5, 0.6) is 0 Å². The molecule has 1 aromatic heterocycles. The number of aromatic nitrogens is 1. The highest BCUT2D eigenvalue weighted by molar-refractivity contribution is 6.35. The lowest BCUT2D eigenvalue weighted by Crippen LogP contribution is -1.92. The van der Waals surface area contributed by atoms with E-state index >= 15 is 0 Å². The van der Waals surface area contributed by atoms with Crippen molar-refractivity contribution < 1.29 is 0 Å². The molecular formula is C13H14ClN. The number of nitrogens with zero attached hydrogens (tertiary/aromatic N) is 1. The van der Waals surface area contributed by atoms with Crippen LogP contribution in [0.1, 0.15) is 23.7 Å². The Labute approximate surface area is 95.1 Å². The van der Waals surface area contributed by atoms with Crippen LogP contribution >= 0.6 is 11.6 Å². The fourth-order valence-electron chi connectivity index (χ4n) is 1.87. The zero-order chi connectivity index (χ0) is 11.0. The predicted octanol–water partition coefficient (Wildman–Crippen LogP) is 4.07. The van der Waals surface area contributed by atoms with Crippen LogP contribution < -0.4 is 0 Å². The number of benzene rings is 1. The summed E-state index contributed by atoms with van der Waals surface area (Å²) in [6.07, 6.45) is 0.920. The summed E-state index contributed by atoms with van der Waals surface area (Å²) >= 11 is 6.24. The van der Waals surface area contributed by atoms with Crippen LogP contribution in [0.25, 0.3) is 10.9 Å². The molecule has 78 valence electrons. The summed E-state index contributed by atoms with van der Waals surface area (Å²) in [6.45, 7) is 6.25. The normalized spacial score (nSPS) is 10.9. The van der Waals surface area contributed by atoms with Crippen LogP contribution in [0.3, 0.4) is 0 Å². The molecule has 0 unspecified atom stereocenters. The SMILES string of the molecule is CCc1cc(Cl)c2cc(C)cc(C)c2n1. The van der Waals surface area contributed by atoms with Crippen molar-refractivity contribution in [3.8, 4) is 0 Å². The Hall–Kier alpha value is -1.08. The second-order valence-electron chi connectivity index (χ2n) is 3.93. The molecule has 0 atom stereocenters. The Bertz CT molecular complexity index is 517. The van der Waals surface area contributed by atoms with E-state index in [-0.39, 0.29) is 0 Å². The van der Waals surface area contributed by atoms with Crippen molar-refractivity contribution in [2.24, 2.45) is 0 Å². The first-order chi connectivity index (χ1) is 7.11. The highest BCUT2D eigenvalue weighted by Crippen LogP contribution is 2.26. The van der Waals surface area contributed by atoms with Gasteiger partial charge in [-0.2, -0.15) is 0 Å². The first-order valence-corrected chi connectivity index (χ1v) is 5.56. The third-order valence-corrected chi connectivity index (χ3v) is 2.93. The van der Waals surface area contributed by atoms with Crippen molar-refractivity contribution in [3.63, 3.8) is 0 Å². The number of hydrogen-bond donors (Lipinski definition) is 0. The molecule has 0 aliphatic heterocycles. The Morgan fingerprint density at radius 3 is 2.60 bits per heavy atom. The number of pyridine rings is 1. The molecule has 0 spiro atoms. The molecule has 1 heterocycles. The molecule has 0 aliphatic carbocycles. The maximum Gasteiger partial charge on any atom is 0.0749 e. The standard InChI is InChI=1S/C13H14ClN/c1-4-10-7-12(14)11-6-8(2)5-9(3)13(11)15-10/h5-7H,4H2,1-3H3. The number of hydrogen-bond acceptors (Lipinski definition) is 1. The molecule has 2 aromatic rings. The van der Waals surface area contributed by atoms with Crippen molar-refractivity contribution in [2.75, 3.05) is 0 Å². The zero-order valence-corrected chi connectivity index (χ0v) is 10.0. The van der Waals surface area contributed by atoms with E-state index in [4.69, 9.17) is 11.6 Å². The lowest BCUT2D eigenvalue weighted by atomic mass is 10.1. The average Bonchev–Trinajstić information content (AvgIpc) is 2.19. The van der Waals surface area contributed by atoms with Gasteiger partial charge in [0.05, 0.1) is 10.5 Å². The maximum atomic E-state index is 6.24. The van der Waals surface area contributed by atoms with Gasteiger partial charge in [-0.25, -0.2) is 0 Å². The van der Waals surface area contributed by atoms with Gasteiger partial charge in [0, 0.05) is 11.1 Å².